The van der Waals surface area contributed by atoms with Crippen LogP contribution in [-0.4, -0.2) is 40.6 Å². The first-order valence-electron chi connectivity index (χ1n) is 10.2. The number of nitrogens with zero attached hydrogens (tertiary/aromatic N) is 3. The third-order valence-corrected chi connectivity index (χ3v) is 5.77. The van der Waals surface area contributed by atoms with Crippen LogP contribution in [0.2, 0.25) is 5.02 Å². The molecule has 152 valence electrons. The molecule has 1 aliphatic heterocycles. The smallest absolute Gasteiger partial charge is 0.138 e. The van der Waals surface area contributed by atoms with Gasteiger partial charge in [0.1, 0.15) is 11.6 Å². The Bertz CT molecular complexity index is 986. The highest BCUT2D eigenvalue weighted by molar-refractivity contribution is 6.32. The molecular formula is C23H27ClN4O. The Morgan fingerprint density at radius 2 is 2.00 bits per heavy atom. The summed E-state index contributed by atoms with van der Waals surface area (Å²) >= 11 is 6.20. The third kappa shape index (κ3) is 4.80. The molecule has 1 aromatic carbocycles. The second kappa shape index (κ2) is 8.97. The minimum atomic E-state index is 0.448. The first-order valence-corrected chi connectivity index (χ1v) is 10.6. The number of hydrogen-bond donors (Lipinski definition) is 1. The van der Waals surface area contributed by atoms with Crippen molar-refractivity contribution in [2.75, 3.05) is 25.0 Å². The van der Waals surface area contributed by atoms with Crippen molar-refractivity contribution in [2.45, 2.75) is 39.3 Å². The van der Waals surface area contributed by atoms with Crippen LogP contribution < -0.4 is 10.1 Å². The Hall–Kier alpha value is -2.37. The number of rotatable bonds is 6. The topological polar surface area (TPSA) is 50.3 Å². The van der Waals surface area contributed by atoms with E-state index in [0.29, 0.717) is 17.7 Å². The molecule has 0 saturated carbocycles. The molecule has 1 fully saturated rings. The van der Waals surface area contributed by atoms with Gasteiger partial charge in [0.15, 0.2) is 0 Å². The van der Waals surface area contributed by atoms with Gasteiger partial charge < -0.3 is 10.1 Å². The number of aromatic nitrogens is 2. The molecule has 0 atom stereocenters. The third-order valence-electron chi connectivity index (χ3n) is 5.46. The lowest BCUT2D eigenvalue weighted by molar-refractivity contribution is 0.211. The van der Waals surface area contributed by atoms with Crippen LogP contribution in [0.3, 0.4) is 0 Å². The van der Waals surface area contributed by atoms with Gasteiger partial charge in [-0.15, -0.1) is 0 Å². The van der Waals surface area contributed by atoms with Crippen molar-refractivity contribution >= 4 is 28.3 Å². The fourth-order valence-corrected chi connectivity index (χ4v) is 4.06. The van der Waals surface area contributed by atoms with Crippen molar-refractivity contribution in [3.8, 4) is 5.75 Å². The molecule has 5 nitrogen and oxygen atoms in total. The Kier molecular flexibility index (Phi) is 6.16. The van der Waals surface area contributed by atoms with Crippen molar-refractivity contribution in [2.24, 2.45) is 0 Å². The molecule has 1 saturated heterocycles. The van der Waals surface area contributed by atoms with Gasteiger partial charge in [0, 0.05) is 43.0 Å². The summed E-state index contributed by atoms with van der Waals surface area (Å²) in [5.74, 6) is 1.72. The Labute approximate surface area is 177 Å². The Morgan fingerprint density at radius 1 is 1.17 bits per heavy atom. The fraction of sp³-hybridized carbons (Fsp3) is 0.391. The minimum Gasteiger partial charge on any atom is -0.492 e. The molecule has 2 aromatic heterocycles. The molecule has 3 heterocycles. The van der Waals surface area contributed by atoms with Gasteiger partial charge in [0.05, 0.1) is 17.1 Å². The molecule has 3 aromatic rings. The number of piperidine rings is 1. The molecule has 29 heavy (non-hydrogen) atoms. The number of nitrogens with one attached hydrogen (secondary N) is 1. The van der Waals surface area contributed by atoms with Crippen LogP contribution in [0.1, 0.15) is 31.0 Å². The molecule has 1 aliphatic rings. The monoisotopic (exact) mass is 410 g/mol. The molecule has 0 spiro atoms. The van der Waals surface area contributed by atoms with Crippen molar-refractivity contribution in [3.63, 3.8) is 0 Å². The van der Waals surface area contributed by atoms with Crippen LogP contribution in [0.4, 0.5) is 5.82 Å². The number of aryl methyl sites for hydroxylation is 1. The van der Waals surface area contributed by atoms with Crippen LogP contribution >= 0.6 is 11.6 Å². The Morgan fingerprint density at radius 3 is 2.79 bits per heavy atom. The van der Waals surface area contributed by atoms with Gasteiger partial charge in [-0.2, -0.15) is 0 Å². The summed E-state index contributed by atoms with van der Waals surface area (Å²) in [4.78, 5) is 11.6. The van der Waals surface area contributed by atoms with Crippen LogP contribution in [-0.2, 0) is 6.54 Å². The second-order valence-corrected chi connectivity index (χ2v) is 7.96. The quantitative estimate of drug-likeness (QED) is 0.615. The molecule has 0 radical (unpaired) electrons. The largest absolute Gasteiger partial charge is 0.492 e. The average molecular weight is 411 g/mol. The highest BCUT2D eigenvalue weighted by atomic mass is 35.5. The van der Waals surface area contributed by atoms with Crippen molar-refractivity contribution < 1.29 is 4.74 Å². The zero-order valence-corrected chi connectivity index (χ0v) is 17.7. The number of halogens is 1. The average Bonchev–Trinajstić information content (AvgIpc) is 2.72. The molecular weight excluding hydrogens is 384 g/mol. The first kappa shape index (κ1) is 19.9. The zero-order chi connectivity index (χ0) is 20.2. The minimum absolute atomic E-state index is 0.448. The predicted molar refractivity (Wildman–Crippen MR) is 119 cm³/mol. The van der Waals surface area contributed by atoms with Gasteiger partial charge >= 0.3 is 0 Å². The van der Waals surface area contributed by atoms with Crippen molar-refractivity contribution in [3.05, 3.63) is 58.9 Å². The highest BCUT2D eigenvalue weighted by Gasteiger charge is 2.20. The summed E-state index contributed by atoms with van der Waals surface area (Å²) in [5.41, 5.74) is 3.25. The molecule has 0 aliphatic carbocycles. The number of pyridine rings is 2. The summed E-state index contributed by atoms with van der Waals surface area (Å²) < 4.78 is 5.62. The van der Waals surface area contributed by atoms with Crippen molar-refractivity contribution in [1.29, 1.82) is 0 Å². The van der Waals surface area contributed by atoms with E-state index >= 15 is 0 Å². The van der Waals surface area contributed by atoms with E-state index in [1.807, 2.05) is 32.2 Å². The number of anilines is 1. The molecule has 0 unspecified atom stereocenters. The molecule has 0 bridgehead atoms. The summed E-state index contributed by atoms with van der Waals surface area (Å²) in [5, 5.41) is 5.40. The molecule has 6 heteroatoms. The van der Waals surface area contributed by atoms with Gasteiger partial charge in [0.2, 0.25) is 0 Å². The maximum atomic E-state index is 6.20. The van der Waals surface area contributed by atoms with E-state index in [2.05, 4.69) is 39.5 Å². The van der Waals surface area contributed by atoms with E-state index in [0.717, 1.165) is 60.6 Å². The van der Waals surface area contributed by atoms with Gasteiger partial charge in [-0.05, 0) is 62.6 Å². The fourth-order valence-electron chi connectivity index (χ4n) is 3.89. The lowest BCUT2D eigenvalue weighted by Gasteiger charge is -2.32. The van der Waals surface area contributed by atoms with Gasteiger partial charge in [-0.1, -0.05) is 17.7 Å². The van der Waals surface area contributed by atoms with Crippen LogP contribution in [0, 0.1) is 6.92 Å². The number of benzene rings is 1. The lowest BCUT2D eigenvalue weighted by atomic mass is 10.0. The van der Waals surface area contributed by atoms with Crippen molar-refractivity contribution in [1.82, 2.24) is 14.9 Å². The van der Waals surface area contributed by atoms with Gasteiger partial charge in [-0.25, -0.2) is 4.98 Å². The van der Waals surface area contributed by atoms with E-state index in [1.54, 1.807) is 0 Å². The van der Waals surface area contributed by atoms with Gasteiger partial charge in [-0.3, -0.25) is 9.88 Å². The van der Waals surface area contributed by atoms with E-state index < -0.39 is 0 Å². The van der Waals surface area contributed by atoms with Crippen LogP contribution in [0.5, 0.6) is 5.75 Å². The number of ether oxygens (including phenoxy) is 1. The van der Waals surface area contributed by atoms with E-state index in [1.165, 1.54) is 5.56 Å². The maximum Gasteiger partial charge on any atom is 0.138 e. The normalized spacial score (nSPS) is 15.6. The van der Waals surface area contributed by atoms with E-state index in [9.17, 15) is 0 Å². The van der Waals surface area contributed by atoms with Crippen LogP contribution in [0.15, 0.2) is 42.6 Å². The second-order valence-electron chi connectivity index (χ2n) is 7.55. The zero-order valence-electron chi connectivity index (χ0n) is 17.0. The van der Waals surface area contributed by atoms with Crippen LogP contribution in [0.25, 0.3) is 10.9 Å². The summed E-state index contributed by atoms with van der Waals surface area (Å²) in [6.07, 6.45) is 4.02. The summed E-state index contributed by atoms with van der Waals surface area (Å²) in [6.45, 7) is 7.65. The molecule has 1 N–H and O–H groups in total. The van der Waals surface area contributed by atoms with E-state index in [-0.39, 0.29) is 0 Å². The highest BCUT2D eigenvalue weighted by Crippen LogP contribution is 2.27. The number of likely N-dealkylation sites (tertiary alicyclic amines) is 1. The van der Waals surface area contributed by atoms with Gasteiger partial charge in [0.25, 0.3) is 0 Å². The maximum absolute atomic E-state index is 6.20. The SMILES string of the molecule is CCOc1cc(CN2CCC(Nc3ccc4c(C)nccc4n3)CC2)ccc1Cl. The number of fused-ring (bicyclic) bond motifs is 1. The lowest BCUT2D eigenvalue weighted by Crippen LogP contribution is -2.38. The number of hydrogen-bond acceptors (Lipinski definition) is 5. The summed E-state index contributed by atoms with van der Waals surface area (Å²) in [7, 11) is 0. The summed E-state index contributed by atoms with van der Waals surface area (Å²) in [6, 6.07) is 12.7. The predicted octanol–water partition coefficient (Wildman–Crippen LogP) is 5.07. The molecule has 0 amide bonds. The van der Waals surface area contributed by atoms with E-state index in [4.69, 9.17) is 21.3 Å². The standard InChI is InChI=1S/C23H27ClN4O/c1-3-29-22-14-17(4-6-20(22)24)15-28-12-9-18(10-13-28)26-23-7-5-19-16(2)25-11-8-21(19)27-23/h4-8,11,14,18H,3,9-10,12-13,15H2,1-2H3,(H,26,27). The first-order chi connectivity index (χ1) is 14.1. The Balaban J connectivity index is 1.33. The molecule has 4 rings (SSSR count).